The minimum Gasteiger partial charge on any atom is -0.482 e. The number of nitrogens with one attached hydrogen (secondary N) is 1. The molecule has 3 N–H and O–H groups in total. The molecule has 33 heavy (non-hydrogen) atoms. The van der Waals surface area contributed by atoms with Gasteiger partial charge in [-0.15, -0.1) is 10.2 Å². The molecule has 3 rings (SSSR count). The Kier molecular flexibility index (Phi) is 8.64. The molecule has 0 saturated heterocycles. The number of carbonyl (C=O) groups excluding carboxylic acids is 2. The first-order valence-corrected chi connectivity index (χ1v) is 11.2. The van der Waals surface area contributed by atoms with E-state index >= 15 is 0 Å². The van der Waals surface area contributed by atoms with Gasteiger partial charge in [0.05, 0.1) is 17.9 Å². The zero-order chi connectivity index (χ0) is 23.6. The minimum atomic E-state index is -0.492. The zero-order valence-corrected chi connectivity index (χ0v) is 18.8. The average molecular weight is 474 g/mol. The van der Waals surface area contributed by atoms with E-state index in [0.29, 0.717) is 23.0 Å². The first kappa shape index (κ1) is 24.1. The maximum atomic E-state index is 13.6. The van der Waals surface area contributed by atoms with E-state index in [2.05, 4.69) is 15.5 Å². The maximum absolute atomic E-state index is 13.6. The van der Waals surface area contributed by atoms with Gasteiger partial charge in [-0.3, -0.25) is 4.79 Å². The van der Waals surface area contributed by atoms with E-state index < -0.39 is 11.8 Å². The van der Waals surface area contributed by atoms with Crippen LogP contribution in [-0.2, 0) is 16.1 Å². The molecule has 2 aromatic carbocycles. The Morgan fingerprint density at radius 1 is 1.15 bits per heavy atom. The normalized spacial score (nSPS) is 10.6. The number of carbonyl (C=O) groups is 2. The quantitative estimate of drug-likeness (QED) is 0.188. The van der Waals surface area contributed by atoms with Crippen LogP contribution in [0.2, 0.25) is 0 Å². The van der Waals surface area contributed by atoms with Gasteiger partial charge in [0, 0.05) is 5.69 Å². The molecule has 0 saturated carbocycles. The molecule has 1 aromatic heterocycles. The van der Waals surface area contributed by atoms with Gasteiger partial charge in [-0.05, 0) is 42.8 Å². The SMILES string of the molecule is CCCCOC(=O)c1ccc(NC(=O)CSc2nnc(COc3ccccc3F)n2N)cc1. The lowest BCUT2D eigenvalue weighted by Crippen LogP contribution is -2.18. The third-order valence-corrected chi connectivity index (χ3v) is 5.34. The summed E-state index contributed by atoms with van der Waals surface area (Å²) in [7, 11) is 0. The lowest BCUT2D eigenvalue weighted by Gasteiger charge is -2.08. The predicted octanol–water partition coefficient (Wildman–Crippen LogP) is 3.40. The summed E-state index contributed by atoms with van der Waals surface area (Å²) < 4.78 is 25.4. The van der Waals surface area contributed by atoms with Crippen molar-refractivity contribution in [1.82, 2.24) is 14.9 Å². The van der Waals surface area contributed by atoms with Crippen LogP contribution in [0.25, 0.3) is 0 Å². The van der Waals surface area contributed by atoms with Gasteiger partial charge in [-0.25, -0.2) is 13.9 Å². The van der Waals surface area contributed by atoms with Crippen molar-refractivity contribution in [2.24, 2.45) is 0 Å². The molecule has 0 spiro atoms. The number of nitrogens with two attached hydrogens (primary N) is 1. The van der Waals surface area contributed by atoms with Crippen molar-refractivity contribution in [2.75, 3.05) is 23.5 Å². The van der Waals surface area contributed by atoms with Gasteiger partial charge in [0.15, 0.2) is 17.4 Å². The van der Waals surface area contributed by atoms with Gasteiger partial charge in [-0.2, -0.15) is 0 Å². The summed E-state index contributed by atoms with van der Waals surface area (Å²) >= 11 is 1.09. The van der Waals surface area contributed by atoms with Gasteiger partial charge in [0.1, 0.15) is 6.61 Å². The molecule has 11 heteroatoms. The van der Waals surface area contributed by atoms with Crippen LogP contribution in [0.3, 0.4) is 0 Å². The van der Waals surface area contributed by atoms with E-state index in [1.54, 1.807) is 36.4 Å². The van der Waals surface area contributed by atoms with Crippen molar-refractivity contribution in [2.45, 2.75) is 31.5 Å². The van der Waals surface area contributed by atoms with Crippen LogP contribution < -0.4 is 15.9 Å². The number of aromatic nitrogens is 3. The van der Waals surface area contributed by atoms with Crippen LogP contribution >= 0.6 is 11.8 Å². The lowest BCUT2D eigenvalue weighted by molar-refractivity contribution is -0.113. The number of ether oxygens (including phenoxy) is 2. The molecule has 9 nitrogen and oxygen atoms in total. The third-order valence-electron chi connectivity index (χ3n) is 4.40. The summed E-state index contributed by atoms with van der Waals surface area (Å²) in [5.74, 6) is 5.17. The smallest absolute Gasteiger partial charge is 0.338 e. The van der Waals surface area contributed by atoms with Crippen molar-refractivity contribution in [3.63, 3.8) is 0 Å². The van der Waals surface area contributed by atoms with E-state index in [9.17, 15) is 14.0 Å². The Hall–Kier alpha value is -3.60. The monoisotopic (exact) mass is 473 g/mol. The van der Waals surface area contributed by atoms with Crippen LogP contribution in [0.15, 0.2) is 53.7 Å². The standard InChI is InChI=1S/C22H24FN5O4S/c1-2-3-12-31-21(30)15-8-10-16(11-9-15)25-20(29)14-33-22-27-26-19(28(22)24)13-32-18-7-5-4-6-17(18)23/h4-11H,2-3,12-14,24H2,1H3,(H,25,29). The zero-order valence-electron chi connectivity index (χ0n) is 18.0. The number of nitrogen functional groups attached to an aromatic ring is 1. The highest BCUT2D eigenvalue weighted by molar-refractivity contribution is 7.99. The first-order chi connectivity index (χ1) is 16.0. The predicted molar refractivity (Wildman–Crippen MR) is 122 cm³/mol. The van der Waals surface area contributed by atoms with Crippen molar-refractivity contribution in [3.05, 3.63) is 65.7 Å². The van der Waals surface area contributed by atoms with Crippen molar-refractivity contribution >= 4 is 29.3 Å². The number of esters is 1. The second-order valence-electron chi connectivity index (χ2n) is 6.89. The Labute approximate surface area is 194 Å². The Balaban J connectivity index is 1.47. The second-order valence-corrected chi connectivity index (χ2v) is 7.83. The second kappa shape index (κ2) is 11.9. The van der Waals surface area contributed by atoms with Crippen molar-refractivity contribution < 1.29 is 23.5 Å². The first-order valence-electron chi connectivity index (χ1n) is 10.2. The summed E-state index contributed by atoms with van der Waals surface area (Å²) in [6.45, 7) is 2.32. The van der Waals surface area contributed by atoms with Crippen LogP contribution in [0.1, 0.15) is 35.9 Å². The lowest BCUT2D eigenvalue weighted by atomic mass is 10.2. The number of unbranched alkanes of at least 4 members (excludes halogenated alkanes) is 1. The largest absolute Gasteiger partial charge is 0.482 e. The van der Waals surface area contributed by atoms with E-state index in [1.165, 1.54) is 16.8 Å². The van der Waals surface area contributed by atoms with Gasteiger partial charge >= 0.3 is 5.97 Å². The van der Waals surface area contributed by atoms with Gasteiger partial charge in [-0.1, -0.05) is 37.2 Å². The summed E-state index contributed by atoms with van der Waals surface area (Å²) in [5.41, 5.74) is 0.957. The highest BCUT2D eigenvalue weighted by Crippen LogP contribution is 2.19. The van der Waals surface area contributed by atoms with Crippen LogP contribution in [0, 0.1) is 5.82 Å². The van der Waals surface area contributed by atoms with Gasteiger partial charge < -0.3 is 20.6 Å². The van der Waals surface area contributed by atoms with Gasteiger partial charge in [0.2, 0.25) is 11.1 Å². The highest BCUT2D eigenvalue weighted by atomic mass is 32.2. The Morgan fingerprint density at radius 3 is 2.64 bits per heavy atom. The number of rotatable bonds is 11. The molecule has 1 amide bonds. The van der Waals surface area contributed by atoms with Crippen LogP contribution in [-0.4, -0.2) is 39.1 Å². The number of para-hydroxylation sites is 1. The molecule has 0 fully saturated rings. The Morgan fingerprint density at radius 2 is 1.91 bits per heavy atom. The van der Waals surface area contributed by atoms with Gasteiger partial charge in [0.25, 0.3) is 0 Å². The highest BCUT2D eigenvalue weighted by Gasteiger charge is 2.14. The molecule has 1 heterocycles. The molecule has 0 atom stereocenters. The molecule has 0 bridgehead atoms. The molecule has 0 aliphatic carbocycles. The molecule has 0 aliphatic rings. The Bertz CT molecular complexity index is 1090. The number of anilines is 1. The van der Waals surface area contributed by atoms with E-state index in [0.717, 1.165) is 24.6 Å². The fourth-order valence-electron chi connectivity index (χ4n) is 2.62. The molecule has 0 radical (unpaired) electrons. The van der Waals surface area contributed by atoms with Crippen LogP contribution in [0.4, 0.5) is 10.1 Å². The molecule has 3 aromatic rings. The molecular formula is C22H24FN5O4S. The maximum Gasteiger partial charge on any atom is 0.338 e. The number of benzene rings is 2. The summed E-state index contributed by atoms with van der Waals surface area (Å²) in [5, 5.41) is 10.9. The third kappa shape index (κ3) is 6.94. The summed E-state index contributed by atoms with van der Waals surface area (Å²) in [4.78, 5) is 24.2. The number of hydrogen-bond acceptors (Lipinski definition) is 8. The molecular weight excluding hydrogens is 449 g/mol. The number of halogens is 1. The number of thioether (sulfide) groups is 1. The van der Waals surface area contributed by atoms with Crippen molar-refractivity contribution in [1.29, 1.82) is 0 Å². The summed E-state index contributed by atoms with van der Waals surface area (Å²) in [6, 6.07) is 12.4. The number of hydrogen-bond donors (Lipinski definition) is 2. The average Bonchev–Trinajstić information content (AvgIpc) is 3.17. The topological polar surface area (TPSA) is 121 Å². The van der Waals surface area contributed by atoms with Crippen LogP contribution in [0.5, 0.6) is 5.75 Å². The number of amides is 1. The molecule has 174 valence electrons. The molecule has 0 aliphatic heterocycles. The minimum absolute atomic E-state index is 0.0321. The van der Waals surface area contributed by atoms with E-state index in [-0.39, 0.29) is 29.8 Å². The van der Waals surface area contributed by atoms with Crippen molar-refractivity contribution in [3.8, 4) is 5.75 Å². The summed E-state index contributed by atoms with van der Waals surface area (Å²) in [6.07, 6.45) is 1.76. The number of nitrogens with zero attached hydrogens (tertiary/aromatic N) is 3. The van der Waals surface area contributed by atoms with E-state index in [4.69, 9.17) is 15.3 Å². The van der Waals surface area contributed by atoms with E-state index in [1.807, 2.05) is 6.92 Å². The molecule has 0 unspecified atom stereocenters. The fourth-order valence-corrected chi connectivity index (χ4v) is 3.29. The fraction of sp³-hybridized carbons (Fsp3) is 0.273.